The molecule has 4 rings (SSSR count). The third-order valence-corrected chi connectivity index (χ3v) is 5.75. The summed E-state index contributed by atoms with van der Waals surface area (Å²) in [5, 5.41) is 7.39. The molecule has 6 heteroatoms. The quantitative estimate of drug-likeness (QED) is 0.880. The smallest absolute Gasteiger partial charge is 0.223 e. The molecule has 2 aliphatic rings. The predicted octanol–water partition coefficient (Wildman–Crippen LogP) is 2.38. The van der Waals surface area contributed by atoms with Crippen LogP contribution in [0.1, 0.15) is 31.2 Å². The van der Waals surface area contributed by atoms with E-state index < -0.39 is 0 Å². The summed E-state index contributed by atoms with van der Waals surface area (Å²) in [4.78, 5) is 15.2. The lowest BCUT2D eigenvalue weighted by atomic mass is 9.93. The van der Waals surface area contributed by atoms with Crippen molar-refractivity contribution in [1.82, 2.24) is 20.0 Å². The topological polar surface area (TPSA) is 59.4 Å². The number of nitrogens with one attached hydrogen (secondary N) is 1. The molecule has 1 amide bonds. The lowest BCUT2D eigenvalue weighted by molar-refractivity contribution is -0.127. The largest absolute Gasteiger partial charge is 0.381 e. The van der Waals surface area contributed by atoms with Crippen LogP contribution in [0.4, 0.5) is 0 Å². The first-order valence-electron chi connectivity index (χ1n) is 9.98. The van der Waals surface area contributed by atoms with Crippen LogP contribution in [0.25, 0.3) is 5.69 Å². The van der Waals surface area contributed by atoms with Crippen molar-refractivity contribution in [2.45, 2.75) is 38.3 Å². The Morgan fingerprint density at radius 2 is 1.96 bits per heavy atom. The number of piperidine rings is 1. The monoisotopic (exact) mass is 368 g/mol. The molecule has 0 atom stereocenters. The molecular weight excluding hydrogens is 340 g/mol. The van der Waals surface area contributed by atoms with E-state index in [1.54, 1.807) is 6.20 Å². The number of hydrogen-bond acceptors (Lipinski definition) is 4. The second-order valence-electron chi connectivity index (χ2n) is 7.49. The average Bonchev–Trinajstić information content (AvgIpc) is 3.28. The third kappa shape index (κ3) is 4.57. The van der Waals surface area contributed by atoms with Crippen LogP contribution in [-0.2, 0) is 16.1 Å². The van der Waals surface area contributed by atoms with Crippen molar-refractivity contribution in [3.05, 3.63) is 48.3 Å². The molecule has 144 valence electrons. The van der Waals surface area contributed by atoms with E-state index in [-0.39, 0.29) is 11.8 Å². The summed E-state index contributed by atoms with van der Waals surface area (Å²) in [5.41, 5.74) is 2.10. The number of ether oxygens (including phenoxy) is 1. The van der Waals surface area contributed by atoms with Gasteiger partial charge in [-0.05, 0) is 62.5 Å². The number of carbonyl (C=O) groups excluding carboxylic acids is 1. The highest BCUT2D eigenvalue weighted by atomic mass is 16.5. The van der Waals surface area contributed by atoms with Gasteiger partial charge in [0.05, 0.1) is 5.69 Å². The van der Waals surface area contributed by atoms with Crippen LogP contribution in [0.3, 0.4) is 0 Å². The Morgan fingerprint density at radius 3 is 2.70 bits per heavy atom. The van der Waals surface area contributed by atoms with E-state index in [1.807, 2.05) is 35.1 Å². The highest BCUT2D eigenvalue weighted by Crippen LogP contribution is 2.23. The second kappa shape index (κ2) is 8.67. The number of carbonyl (C=O) groups is 1. The van der Waals surface area contributed by atoms with Crippen LogP contribution in [0.15, 0.2) is 42.7 Å². The van der Waals surface area contributed by atoms with E-state index in [2.05, 4.69) is 21.4 Å². The average molecular weight is 368 g/mol. The highest BCUT2D eigenvalue weighted by Gasteiger charge is 2.29. The van der Waals surface area contributed by atoms with Gasteiger partial charge in [0.25, 0.3) is 0 Å². The number of aromatic nitrogens is 2. The molecule has 2 fully saturated rings. The molecule has 2 saturated heterocycles. The van der Waals surface area contributed by atoms with Crippen molar-refractivity contribution in [3.63, 3.8) is 0 Å². The van der Waals surface area contributed by atoms with Gasteiger partial charge in [0.15, 0.2) is 0 Å². The molecule has 3 heterocycles. The van der Waals surface area contributed by atoms with E-state index in [9.17, 15) is 4.79 Å². The Hall–Kier alpha value is -2.18. The van der Waals surface area contributed by atoms with Gasteiger partial charge in [-0.15, -0.1) is 0 Å². The summed E-state index contributed by atoms with van der Waals surface area (Å²) >= 11 is 0. The molecule has 0 aliphatic carbocycles. The van der Waals surface area contributed by atoms with Gasteiger partial charge in [0.1, 0.15) is 0 Å². The van der Waals surface area contributed by atoms with Gasteiger partial charge in [-0.3, -0.25) is 4.79 Å². The number of likely N-dealkylation sites (tertiary alicyclic amines) is 1. The summed E-state index contributed by atoms with van der Waals surface area (Å²) < 4.78 is 7.29. The van der Waals surface area contributed by atoms with E-state index in [4.69, 9.17) is 4.74 Å². The number of nitrogens with zero attached hydrogens (tertiary/aromatic N) is 3. The van der Waals surface area contributed by atoms with Crippen molar-refractivity contribution in [1.29, 1.82) is 0 Å². The summed E-state index contributed by atoms with van der Waals surface area (Å²) in [5.74, 6) is 0.321. The van der Waals surface area contributed by atoms with E-state index in [0.717, 1.165) is 63.2 Å². The molecule has 0 radical (unpaired) electrons. The maximum Gasteiger partial charge on any atom is 0.223 e. The van der Waals surface area contributed by atoms with E-state index in [0.29, 0.717) is 12.6 Å². The Balaban J connectivity index is 1.26. The molecule has 2 aromatic rings. The van der Waals surface area contributed by atoms with Crippen LogP contribution < -0.4 is 5.32 Å². The zero-order chi connectivity index (χ0) is 18.5. The SMILES string of the molecule is O=C(NCc1cccc(-n2cccn2)c1)C1CCN(C2CCOCC2)CC1. The fourth-order valence-corrected chi connectivity index (χ4v) is 4.14. The van der Waals surface area contributed by atoms with Crippen molar-refractivity contribution >= 4 is 5.91 Å². The molecule has 0 spiro atoms. The van der Waals surface area contributed by atoms with Crippen molar-refractivity contribution < 1.29 is 9.53 Å². The number of benzene rings is 1. The number of amides is 1. The minimum absolute atomic E-state index is 0.135. The molecule has 2 aliphatic heterocycles. The Labute approximate surface area is 160 Å². The maximum absolute atomic E-state index is 12.6. The number of hydrogen-bond donors (Lipinski definition) is 1. The molecule has 27 heavy (non-hydrogen) atoms. The van der Waals surface area contributed by atoms with Crippen LogP contribution in [-0.4, -0.2) is 52.9 Å². The van der Waals surface area contributed by atoms with Gasteiger partial charge in [-0.1, -0.05) is 12.1 Å². The van der Waals surface area contributed by atoms with E-state index in [1.165, 1.54) is 0 Å². The van der Waals surface area contributed by atoms with Crippen molar-refractivity contribution in [2.24, 2.45) is 5.92 Å². The Morgan fingerprint density at radius 1 is 1.15 bits per heavy atom. The fraction of sp³-hybridized carbons (Fsp3) is 0.524. The van der Waals surface area contributed by atoms with E-state index >= 15 is 0 Å². The molecular formula is C21H28N4O2. The van der Waals surface area contributed by atoms with Gasteiger partial charge in [0.2, 0.25) is 5.91 Å². The van der Waals surface area contributed by atoms with Crippen molar-refractivity contribution in [2.75, 3.05) is 26.3 Å². The zero-order valence-electron chi connectivity index (χ0n) is 15.7. The van der Waals surface area contributed by atoms with Crippen molar-refractivity contribution in [3.8, 4) is 5.69 Å². The Bertz CT molecular complexity index is 732. The summed E-state index contributed by atoms with van der Waals surface area (Å²) in [6.45, 7) is 4.37. The first-order valence-corrected chi connectivity index (χ1v) is 9.98. The van der Waals surface area contributed by atoms with Gasteiger partial charge < -0.3 is 15.0 Å². The molecule has 0 unspecified atom stereocenters. The third-order valence-electron chi connectivity index (χ3n) is 5.75. The fourth-order valence-electron chi connectivity index (χ4n) is 4.14. The minimum Gasteiger partial charge on any atom is -0.381 e. The molecule has 1 N–H and O–H groups in total. The molecule has 1 aromatic heterocycles. The first-order chi connectivity index (χ1) is 13.3. The van der Waals surface area contributed by atoms with Gasteiger partial charge in [-0.25, -0.2) is 4.68 Å². The maximum atomic E-state index is 12.6. The summed E-state index contributed by atoms with van der Waals surface area (Å²) in [6.07, 6.45) is 7.85. The molecule has 0 bridgehead atoms. The lowest BCUT2D eigenvalue weighted by Crippen LogP contribution is -2.46. The predicted molar refractivity (Wildman–Crippen MR) is 104 cm³/mol. The highest BCUT2D eigenvalue weighted by molar-refractivity contribution is 5.78. The normalized spacial score (nSPS) is 19.9. The standard InChI is InChI=1S/C21H28N4O2/c26-21(18-5-11-24(12-6-18)19-7-13-27-14-8-19)22-16-17-3-1-4-20(15-17)25-10-2-9-23-25/h1-4,9-10,15,18-19H,5-8,11-14,16H2,(H,22,26). The first kappa shape index (κ1) is 18.2. The molecule has 1 aromatic carbocycles. The number of rotatable bonds is 5. The van der Waals surface area contributed by atoms with Gasteiger partial charge >= 0.3 is 0 Å². The Kier molecular flexibility index (Phi) is 5.84. The minimum atomic E-state index is 0.135. The second-order valence-corrected chi connectivity index (χ2v) is 7.49. The lowest BCUT2D eigenvalue weighted by Gasteiger charge is -2.38. The van der Waals surface area contributed by atoms with Gasteiger partial charge in [0, 0.05) is 44.1 Å². The van der Waals surface area contributed by atoms with Crippen LogP contribution in [0.2, 0.25) is 0 Å². The zero-order valence-corrected chi connectivity index (χ0v) is 15.7. The van der Waals surface area contributed by atoms with Gasteiger partial charge in [-0.2, -0.15) is 5.10 Å². The summed E-state index contributed by atoms with van der Waals surface area (Å²) in [7, 11) is 0. The van der Waals surface area contributed by atoms with Crippen LogP contribution >= 0.6 is 0 Å². The summed E-state index contributed by atoms with van der Waals surface area (Å²) in [6, 6.07) is 10.7. The van der Waals surface area contributed by atoms with Crippen LogP contribution in [0.5, 0.6) is 0 Å². The molecule has 6 nitrogen and oxygen atoms in total. The van der Waals surface area contributed by atoms with Crippen LogP contribution in [0, 0.1) is 5.92 Å². The molecule has 0 saturated carbocycles.